The van der Waals surface area contributed by atoms with Gasteiger partial charge in [0.2, 0.25) is 0 Å². The van der Waals surface area contributed by atoms with E-state index in [1.807, 2.05) is 26.0 Å². The van der Waals surface area contributed by atoms with Crippen molar-refractivity contribution in [3.8, 4) is 5.75 Å². The maximum atomic E-state index is 6.13. The number of nitrogens with two attached hydrogens (primary N) is 1. The molecule has 0 radical (unpaired) electrons. The first-order valence-corrected chi connectivity index (χ1v) is 6.16. The molecule has 0 amide bonds. The highest BCUT2D eigenvalue weighted by molar-refractivity contribution is 5.29. The molecule has 1 unspecified atom stereocenters. The minimum atomic E-state index is 0.102. The third kappa shape index (κ3) is 5.20. The topological polar surface area (TPSA) is 38.5 Å². The molecular weight excluding hydrogens is 212 g/mol. The van der Waals surface area contributed by atoms with Gasteiger partial charge >= 0.3 is 0 Å². The maximum Gasteiger partial charge on any atom is 0.119 e. The van der Waals surface area contributed by atoms with Gasteiger partial charge in [0.05, 0.1) is 6.10 Å². The summed E-state index contributed by atoms with van der Waals surface area (Å²) in [5.74, 6) is 0.906. The van der Waals surface area contributed by atoms with Gasteiger partial charge in [0.1, 0.15) is 5.75 Å². The van der Waals surface area contributed by atoms with Crippen LogP contribution in [0.15, 0.2) is 24.3 Å². The van der Waals surface area contributed by atoms with Gasteiger partial charge in [-0.15, -0.1) is 0 Å². The molecule has 0 heterocycles. The van der Waals surface area contributed by atoms with Gasteiger partial charge in [-0.1, -0.05) is 12.1 Å². The molecule has 1 atom stereocenters. The summed E-state index contributed by atoms with van der Waals surface area (Å²) in [6.45, 7) is 5.05. The first kappa shape index (κ1) is 14.0. The number of hydrogen-bond acceptors (Lipinski definition) is 3. The monoisotopic (exact) mass is 236 g/mol. The van der Waals surface area contributed by atoms with Crippen LogP contribution in [0, 0.1) is 0 Å². The molecule has 1 aromatic rings. The van der Waals surface area contributed by atoms with Crippen LogP contribution in [0.4, 0.5) is 0 Å². The second-order valence-electron chi connectivity index (χ2n) is 4.93. The normalized spacial score (nSPS) is 13.1. The summed E-state index contributed by atoms with van der Waals surface area (Å²) in [6, 6.07) is 8.19. The molecule has 0 bridgehead atoms. The summed E-state index contributed by atoms with van der Waals surface area (Å²) < 4.78 is 5.60. The van der Waals surface area contributed by atoms with Gasteiger partial charge in [0.15, 0.2) is 0 Å². The Balaban J connectivity index is 2.54. The van der Waals surface area contributed by atoms with Crippen molar-refractivity contribution >= 4 is 0 Å². The van der Waals surface area contributed by atoms with Crippen LogP contribution in [0.3, 0.4) is 0 Å². The van der Waals surface area contributed by atoms with E-state index >= 15 is 0 Å². The molecule has 0 aromatic heterocycles. The third-order valence-electron chi connectivity index (χ3n) is 2.57. The summed E-state index contributed by atoms with van der Waals surface area (Å²) in [5, 5.41) is 0. The summed E-state index contributed by atoms with van der Waals surface area (Å²) in [5.41, 5.74) is 7.30. The molecule has 17 heavy (non-hydrogen) atoms. The molecule has 3 heteroatoms. The summed E-state index contributed by atoms with van der Waals surface area (Å²) >= 11 is 0. The molecule has 0 saturated heterocycles. The Bertz CT molecular complexity index is 319. The van der Waals surface area contributed by atoms with Crippen LogP contribution in [0.5, 0.6) is 5.75 Å². The van der Waals surface area contributed by atoms with E-state index in [1.165, 1.54) is 5.56 Å². The zero-order valence-electron chi connectivity index (χ0n) is 11.3. The Morgan fingerprint density at radius 1 is 1.18 bits per heavy atom. The molecule has 0 spiro atoms. The Labute approximate surface area is 105 Å². The van der Waals surface area contributed by atoms with Gasteiger partial charge in [-0.3, -0.25) is 0 Å². The van der Waals surface area contributed by atoms with Crippen LogP contribution in [0.25, 0.3) is 0 Å². The van der Waals surface area contributed by atoms with Crippen molar-refractivity contribution in [1.82, 2.24) is 4.90 Å². The number of hydrogen-bond donors (Lipinski definition) is 1. The fraction of sp³-hybridized carbons (Fsp3) is 0.571. The van der Waals surface area contributed by atoms with Gasteiger partial charge in [0, 0.05) is 6.04 Å². The van der Waals surface area contributed by atoms with E-state index in [0.29, 0.717) is 0 Å². The summed E-state index contributed by atoms with van der Waals surface area (Å²) in [7, 11) is 4.12. The molecule has 0 aliphatic heterocycles. The van der Waals surface area contributed by atoms with Crippen LogP contribution >= 0.6 is 0 Å². The molecular formula is C14H24N2O. The Morgan fingerprint density at radius 3 is 2.24 bits per heavy atom. The van der Waals surface area contributed by atoms with E-state index in [1.54, 1.807) is 0 Å². The lowest BCUT2D eigenvalue weighted by Crippen LogP contribution is -2.20. The second kappa shape index (κ2) is 6.62. The SMILES string of the molecule is CC(C)Oc1ccc(C(N)CCN(C)C)cc1. The van der Waals surface area contributed by atoms with Gasteiger partial charge in [-0.25, -0.2) is 0 Å². The van der Waals surface area contributed by atoms with Crippen LogP contribution in [-0.2, 0) is 0 Å². The number of rotatable bonds is 6. The fourth-order valence-corrected chi connectivity index (χ4v) is 1.63. The van der Waals surface area contributed by atoms with Crippen molar-refractivity contribution in [3.63, 3.8) is 0 Å². The highest BCUT2D eigenvalue weighted by Gasteiger charge is 2.06. The van der Waals surface area contributed by atoms with Gasteiger partial charge < -0.3 is 15.4 Å². The van der Waals surface area contributed by atoms with E-state index < -0.39 is 0 Å². The van der Waals surface area contributed by atoms with Crippen LogP contribution in [0.1, 0.15) is 31.9 Å². The van der Waals surface area contributed by atoms with E-state index in [4.69, 9.17) is 10.5 Å². The van der Waals surface area contributed by atoms with Gasteiger partial charge in [-0.2, -0.15) is 0 Å². The molecule has 0 fully saturated rings. The lowest BCUT2D eigenvalue weighted by molar-refractivity contribution is 0.242. The molecule has 2 N–H and O–H groups in total. The van der Waals surface area contributed by atoms with E-state index in [2.05, 4.69) is 31.1 Å². The molecule has 3 nitrogen and oxygen atoms in total. The predicted octanol–water partition coefficient (Wildman–Crippen LogP) is 2.43. The first-order chi connectivity index (χ1) is 7.99. The van der Waals surface area contributed by atoms with Crippen molar-refractivity contribution in [2.75, 3.05) is 20.6 Å². The lowest BCUT2D eigenvalue weighted by atomic mass is 10.0. The Kier molecular flexibility index (Phi) is 5.45. The zero-order valence-corrected chi connectivity index (χ0v) is 11.3. The van der Waals surface area contributed by atoms with Crippen molar-refractivity contribution < 1.29 is 4.74 Å². The predicted molar refractivity (Wildman–Crippen MR) is 72.3 cm³/mol. The highest BCUT2D eigenvalue weighted by Crippen LogP contribution is 2.19. The largest absolute Gasteiger partial charge is 0.491 e. The lowest BCUT2D eigenvalue weighted by Gasteiger charge is -2.16. The summed E-state index contributed by atoms with van der Waals surface area (Å²) in [4.78, 5) is 2.15. The van der Waals surface area contributed by atoms with E-state index in [0.717, 1.165) is 18.7 Å². The molecule has 1 aromatic carbocycles. The zero-order chi connectivity index (χ0) is 12.8. The van der Waals surface area contributed by atoms with Crippen molar-refractivity contribution in [1.29, 1.82) is 0 Å². The number of ether oxygens (including phenoxy) is 1. The van der Waals surface area contributed by atoms with Crippen molar-refractivity contribution in [2.45, 2.75) is 32.4 Å². The van der Waals surface area contributed by atoms with Crippen LogP contribution in [-0.4, -0.2) is 31.6 Å². The quantitative estimate of drug-likeness (QED) is 0.824. The number of benzene rings is 1. The van der Waals surface area contributed by atoms with Crippen molar-refractivity contribution in [2.24, 2.45) is 5.73 Å². The smallest absolute Gasteiger partial charge is 0.119 e. The first-order valence-electron chi connectivity index (χ1n) is 6.16. The standard InChI is InChI=1S/C14H24N2O/c1-11(2)17-13-7-5-12(6-8-13)14(15)9-10-16(3)4/h5-8,11,14H,9-10,15H2,1-4H3. The molecule has 1 rings (SSSR count). The second-order valence-corrected chi connectivity index (χ2v) is 4.93. The molecule has 96 valence electrons. The minimum Gasteiger partial charge on any atom is -0.491 e. The minimum absolute atomic E-state index is 0.102. The summed E-state index contributed by atoms with van der Waals surface area (Å²) in [6.07, 6.45) is 1.18. The Morgan fingerprint density at radius 2 is 1.76 bits per heavy atom. The van der Waals surface area contributed by atoms with Gasteiger partial charge in [-0.05, 0) is 58.6 Å². The highest BCUT2D eigenvalue weighted by atomic mass is 16.5. The van der Waals surface area contributed by atoms with Crippen molar-refractivity contribution in [3.05, 3.63) is 29.8 Å². The molecule has 0 aliphatic rings. The van der Waals surface area contributed by atoms with E-state index in [9.17, 15) is 0 Å². The van der Waals surface area contributed by atoms with Gasteiger partial charge in [0.25, 0.3) is 0 Å². The van der Waals surface area contributed by atoms with E-state index in [-0.39, 0.29) is 12.1 Å². The molecule has 0 saturated carbocycles. The maximum absolute atomic E-state index is 6.13. The van der Waals surface area contributed by atoms with Crippen LogP contribution in [0.2, 0.25) is 0 Å². The number of nitrogens with zero attached hydrogens (tertiary/aromatic N) is 1. The van der Waals surface area contributed by atoms with Crippen LogP contribution < -0.4 is 10.5 Å². The fourth-order valence-electron chi connectivity index (χ4n) is 1.63. The third-order valence-corrected chi connectivity index (χ3v) is 2.57. The average Bonchev–Trinajstić information content (AvgIpc) is 2.26. The molecule has 0 aliphatic carbocycles. The average molecular weight is 236 g/mol. The Hall–Kier alpha value is -1.06.